The van der Waals surface area contributed by atoms with Gasteiger partial charge in [-0.25, -0.2) is 4.98 Å². The second kappa shape index (κ2) is 4.14. The molecule has 0 aliphatic carbocycles. The van der Waals surface area contributed by atoms with E-state index in [0.717, 1.165) is 23.2 Å². The number of nitrogens with two attached hydrogens (primary N) is 1. The molecule has 2 heterocycles. The second-order valence-corrected chi connectivity index (χ2v) is 4.71. The van der Waals surface area contributed by atoms with Crippen molar-refractivity contribution < 1.29 is 4.42 Å². The lowest BCUT2D eigenvalue weighted by molar-refractivity contribution is 0.509. The number of aromatic nitrogens is 1. The van der Waals surface area contributed by atoms with E-state index in [2.05, 4.69) is 20.9 Å². The molecule has 0 unspecified atom stereocenters. The third-order valence-electron chi connectivity index (χ3n) is 1.84. The van der Waals surface area contributed by atoms with E-state index in [9.17, 15) is 0 Å². The summed E-state index contributed by atoms with van der Waals surface area (Å²) in [4.78, 5) is 5.26. The van der Waals surface area contributed by atoms with Gasteiger partial charge < -0.3 is 10.2 Å². The Bertz CT molecular complexity index is 410. The number of anilines is 1. The summed E-state index contributed by atoms with van der Waals surface area (Å²) < 4.78 is 6.09. The molecule has 0 radical (unpaired) electrons. The molecule has 0 fully saturated rings. The van der Waals surface area contributed by atoms with Gasteiger partial charge in [-0.05, 0) is 34.5 Å². The summed E-state index contributed by atoms with van der Waals surface area (Å²) >= 11 is 4.88. The lowest BCUT2D eigenvalue weighted by Crippen LogP contribution is -1.86. The van der Waals surface area contributed by atoms with Crippen LogP contribution in [0.25, 0.3) is 0 Å². The van der Waals surface area contributed by atoms with Crippen LogP contribution in [-0.4, -0.2) is 4.98 Å². The number of halogens is 1. The minimum atomic E-state index is 0.603. The Kier molecular flexibility index (Phi) is 2.88. The maximum absolute atomic E-state index is 5.58. The van der Waals surface area contributed by atoms with E-state index in [1.54, 1.807) is 6.26 Å². The van der Waals surface area contributed by atoms with Crippen LogP contribution in [0.3, 0.4) is 0 Å². The molecule has 0 amide bonds. The first-order valence-electron chi connectivity index (χ1n) is 4.19. The SMILES string of the molecule is Nc1nc(Br)c(CCc2ccco2)s1. The fraction of sp³-hybridized carbons (Fsp3) is 0.222. The van der Waals surface area contributed by atoms with Gasteiger partial charge in [-0.15, -0.1) is 11.3 Å². The number of aryl methyl sites for hydroxylation is 2. The normalized spacial score (nSPS) is 10.6. The highest BCUT2D eigenvalue weighted by Crippen LogP contribution is 2.26. The van der Waals surface area contributed by atoms with Gasteiger partial charge in [0.05, 0.1) is 6.26 Å². The molecule has 0 aromatic carbocycles. The van der Waals surface area contributed by atoms with Gasteiger partial charge in [0.1, 0.15) is 10.4 Å². The summed E-state index contributed by atoms with van der Waals surface area (Å²) in [6.45, 7) is 0. The molecule has 0 aliphatic rings. The average molecular weight is 273 g/mol. The van der Waals surface area contributed by atoms with Crippen LogP contribution in [0.4, 0.5) is 5.13 Å². The molecule has 0 saturated heterocycles. The molecule has 0 aliphatic heterocycles. The molecule has 0 atom stereocenters. The van der Waals surface area contributed by atoms with Gasteiger partial charge in [0.25, 0.3) is 0 Å². The predicted octanol–water partition coefficient (Wildman–Crippen LogP) is 2.87. The topological polar surface area (TPSA) is 52.0 Å². The Morgan fingerprint density at radius 1 is 1.50 bits per heavy atom. The van der Waals surface area contributed by atoms with Crippen LogP contribution in [0.15, 0.2) is 27.4 Å². The van der Waals surface area contributed by atoms with Crippen LogP contribution in [0.2, 0.25) is 0 Å². The number of hydrogen-bond donors (Lipinski definition) is 1. The molecule has 74 valence electrons. The van der Waals surface area contributed by atoms with E-state index >= 15 is 0 Å². The predicted molar refractivity (Wildman–Crippen MR) is 60.3 cm³/mol. The summed E-state index contributed by atoms with van der Waals surface area (Å²) in [5, 5.41) is 0.603. The fourth-order valence-corrected chi connectivity index (χ4v) is 2.67. The lowest BCUT2D eigenvalue weighted by Gasteiger charge is -1.94. The number of furan rings is 1. The van der Waals surface area contributed by atoms with Crippen molar-refractivity contribution in [3.05, 3.63) is 33.6 Å². The molecule has 0 spiro atoms. The standard InChI is InChI=1S/C9H9BrN2OS/c10-8-7(14-9(11)12-8)4-3-6-2-1-5-13-6/h1-2,5H,3-4H2,(H2,11,12). The van der Waals surface area contributed by atoms with Crippen LogP contribution in [0, 0.1) is 0 Å². The van der Waals surface area contributed by atoms with E-state index in [-0.39, 0.29) is 0 Å². The molecule has 0 bridgehead atoms. The van der Waals surface area contributed by atoms with Gasteiger partial charge in [0, 0.05) is 11.3 Å². The van der Waals surface area contributed by atoms with Crippen LogP contribution in [0.1, 0.15) is 10.6 Å². The third kappa shape index (κ3) is 2.16. The zero-order valence-corrected chi connectivity index (χ0v) is 9.77. The molecule has 14 heavy (non-hydrogen) atoms. The number of nitrogens with zero attached hydrogens (tertiary/aromatic N) is 1. The molecular weight excluding hydrogens is 264 g/mol. The zero-order chi connectivity index (χ0) is 9.97. The van der Waals surface area contributed by atoms with Crippen molar-refractivity contribution >= 4 is 32.4 Å². The van der Waals surface area contributed by atoms with Crippen molar-refractivity contribution in [2.75, 3.05) is 5.73 Å². The van der Waals surface area contributed by atoms with Crippen LogP contribution in [0.5, 0.6) is 0 Å². The van der Waals surface area contributed by atoms with Crippen molar-refractivity contribution in [2.24, 2.45) is 0 Å². The summed E-state index contributed by atoms with van der Waals surface area (Å²) in [5.74, 6) is 0.990. The highest BCUT2D eigenvalue weighted by molar-refractivity contribution is 9.10. The van der Waals surface area contributed by atoms with Gasteiger partial charge in [0.2, 0.25) is 0 Å². The van der Waals surface area contributed by atoms with Gasteiger partial charge in [-0.2, -0.15) is 0 Å². The van der Waals surface area contributed by atoms with E-state index < -0.39 is 0 Å². The first kappa shape index (κ1) is 9.73. The molecule has 2 N–H and O–H groups in total. The van der Waals surface area contributed by atoms with Gasteiger partial charge in [0.15, 0.2) is 5.13 Å². The van der Waals surface area contributed by atoms with Crippen molar-refractivity contribution in [3.63, 3.8) is 0 Å². The van der Waals surface area contributed by atoms with Crippen molar-refractivity contribution in [2.45, 2.75) is 12.8 Å². The average Bonchev–Trinajstić information content (AvgIpc) is 2.72. The lowest BCUT2D eigenvalue weighted by atomic mass is 10.2. The fourth-order valence-electron chi connectivity index (χ4n) is 1.20. The molecule has 0 saturated carbocycles. The van der Waals surface area contributed by atoms with Crippen LogP contribution >= 0.6 is 27.3 Å². The van der Waals surface area contributed by atoms with E-state index in [4.69, 9.17) is 10.2 Å². The zero-order valence-electron chi connectivity index (χ0n) is 7.37. The monoisotopic (exact) mass is 272 g/mol. The Labute approximate surface area is 94.1 Å². The van der Waals surface area contributed by atoms with Gasteiger partial charge in [-0.3, -0.25) is 0 Å². The Hall–Kier alpha value is -0.810. The highest BCUT2D eigenvalue weighted by atomic mass is 79.9. The smallest absolute Gasteiger partial charge is 0.181 e. The number of thiazole rings is 1. The summed E-state index contributed by atoms with van der Waals surface area (Å²) in [6.07, 6.45) is 3.47. The molecule has 2 aromatic rings. The number of hydrogen-bond acceptors (Lipinski definition) is 4. The van der Waals surface area contributed by atoms with E-state index in [1.165, 1.54) is 16.2 Å². The van der Waals surface area contributed by atoms with Crippen LogP contribution in [-0.2, 0) is 12.8 Å². The van der Waals surface area contributed by atoms with Crippen molar-refractivity contribution in [1.82, 2.24) is 4.98 Å². The maximum Gasteiger partial charge on any atom is 0.181 e. The van der Waals surface area contributed by atoms with Gasteiger partial charge >= 0.3 is 0 Å². The Morgan fingerprint density at radius 2 is 2.36 bits per heavy atom. The maximum atomic E-state index is 5.58. The molecule has 5 heteroatoms. The minimum absolute atomic E-state index is 0.603. The largest absolute Gasteiger partial charge is 0.469 e. The first-order chi connectivity index (χ1) is 6.75. The Morgan fingerprint density at radius 3 is 2.93 bits per heavy atom. The van der Waals surface area contributed by atoms with E-state index in [1.807, 2.05) is 12.1 Å². The summed E-state index contributed by atoms with van der Waals surface area (Å²) in [5.41, 5.74) is 5.58. The quantitative estimate of drug-likeness (QED) is 0.935. The molecule has 2 rings (SSSR count). The molecule has 2 aromatic heterocycles. The summed E-state index contributed by atoms with van der Waals surface area (Å²) in [7, 11) is 0. The molecular formula is C9H9BrN2OS. The van der Waals surface area contributed by atoms with E-state index in [0.29, 0.717) is 5.13 Å². The van der Waals surface area contributed by atoms with Crippen LogP contribution < -0.4 is 5.73 Å². The number of nitrogen functional groups attached to an aromatic ring is 1. The van der Waals surface area contributed by atoms with Crippen molar-refractivity contribution in [1.29, 1.82) is 0 Å². The first-order valence-corrected chi connectivity index (χ1v) is 5.79. The Balaban J connectivity index is 2.01. The third-order valence-corrected chi connectivity index (χ3v) is 3.71. The second-order valence-electron chi connectivity index (χ2n) is 2.85. The summed E-state index contributed by atoms with van der Waals surface area (Å²) in [6, 6.07) is 3.86. The minimum Gasteiger partial charge on any atom is -0.469 e. The molecule has 3 nitrogen and oxygen atoms in total. The highest BCUT2D eigenvalue weighted by Gasteiger charge is 2.07. The van der Waals surface area contributed by atoms with Crippen molar-refractivity contribution in [3.8, 4) is 0 Å². The number of rotatable bonds is 3. The van der Waals surface area contributed by atoms with Gasteiger partial charge in [-0.1, -0.05) is 0 Å².